The number of aryl methyl sites for hydroxylation is 1. The summed E-state index contributed by atoms with van der Waals surface area (Å²) in [7, 11) is 1.65. The molecule has 0 amide bonds. The third kappa shape index (κ3) is 3.15. The predicted octanol–water partition coefficient (Wildman–Crippen LogP) is 3.72. The quantitative estimate of drug-likeness (QED) is 0.915. The van der Waals surface area contributed by atoms with Crippen molar-refractivity contribution in [3.8, 4) is 5.75 Å². The molecule has 1 atom stereocenters. The third-order valence-electron chi connectivity index (χ3n) is 2.81. The maximum atomic E-state index is 10.0. The van der Waals surface area contributed by atoms with Gasteiger partial charge in [0.15, 0.2) is 0 Å². The molecular formula is C14H15BrO3. The summed E-state index contributed by atoms with van der Waals surface area (Å²) >= 11 is 3.34. The molecule has 18 heavy (non-hydrogen) atoms. The van der Waals surface area contributed by atoms with E-state index in [1.807, 2.05) is 24.3 Å². The summed E-state index contributed by atoms with van der Waals surface area (Å²) in [6.45, 7) is 0. The number of halogens is 1. The van der Waals surface area contributed by atoms with E-state index in [1.165, 1.54) is 0 Å². The molecule has 0 aliphatic heterocycles. The van der Waals surface area contributed by atoms with Gasteiger partial charge in [-0.1, -0.05) is 12.1 Å². The highest BCUT2D eigenvalue weighted by Gasteiger charge is 2.14. The second kappa shape index (κ2) is 6.07. The lowest BCUT2D eigenvalue weighted by Crippen LogP contribution is -1.99. The number of rotatable bonds is 5. The number of benzene rings is 1. The van der Waals surface area contributed by atoms with Crippen LogP contribution in [0.5, 0.6) is 5.75 Å². The van der Waals surface area contributed by atoms with Crippen LogP contribution in [0.4, 0.5) is 0 Å². The van der Waals surface area contributed by atoms with Crippen molar-refractivity contribution in [2.75, 3.05) is 7.11 Å². The fraction of sp³-hybridized carbons (Fsp3) is 0.286. The first-order valence-electron chi connectivity index (χ1n) is 5.74. The molecule has 1 heterocycles. The lowest BCUT2D eigenvalue weighted by molar-refractivity contribution is 0.139. The van der Waals surface area contributed by atoms with E-state index in [0.717, 1.165) is 22.2 Å². The van der Waals surface area contributed by atoms with Crippen LogP contribution < -0.4 is 4.74 Å². The van der Waals surface area contributed by atoms with Crippen molar-refractivity contribution in [3.05, 3.63) is 52.4 Å². The summed E-state index contributed by atoms with van der Waals surface area (Å²) in [4.78, 5) is 0. The summed E-state index contributed by atoms with van der Waals surface area (Å²) in [6.07, 6.45) is 2.39. The van der Waals surface area contributed by atoms with Gasteiger partial charge >= 0.3 is 0 Å². The van der Waals surface area contributed by atoms with Crippen LogP contribution in [-0.2, 0) is 6.42 Å². The minimum Gasteiger partial charge on any atom is -0.497 e. The van der Waals surface area contributed by atoms with E-state index >= 15 is 0 Å². The molecule has 4 heteroatoms. The third-order valence-corrected chi connectivity index (χ3v) is 3.47. The number of furan rings is 1. The van der Waals surface area contributed by atoms with Crippen molar-refractivity contribution in [2.45, 2.75) is 18.9 Å². The van der Waals surface area contributed by atoms with Crippen molar-refractivity contribution < 1.29 is 14.3 Å². The Morgan fingerprint density at radius 2 is 2.00 bits per heavy atom. The molecule has 0 fully saturated rings. The molecule has 0 saturated heterocycles. The van der Waals surface area contributed by atoms with Crippen LogP contribution >= 0.6 is 15.9 Å². The molecule has 0 aliphatic carbocycles. The van der Waals surface area contributed by atoms with Crippen LogP contribution in [0.25, 0.3) is 0 Å². The normalized spacial score (nSPS) is 12.4. The predicted molar refractivity (Wildman–Crippen MR) is 72.7 cm³/mol. The summed E-state index contributed by atoms with van der Waals surface area (Å²) in [5.41, 5.74) is 1.16. The van der Waals surface area contributed by atoms with Crippen LogP contribution in [0, 0.1) is 0 Å². The Hall–Kier alpha value is -1.26. The zero-order valence-electron chi connectivity index (χ0n) is 10.1. The van der Waals surface area contributed by atoms with Crippen LogP contribution in [0.3, 0.4) is 0 Å². The van der Waals surface area contributed by atoms with Gasteiger partial charge in [-0.25, -0.2) is 0 Å². The smallest absolute Gasteiger partial charge is 0.146 e. The zero-order valence-corrected chi connectivity index (χ0v) is 11.7. The van der Waals surface area contributed by atoms with E-state index in [9.17, 15) is 5.11 Å². The molecule has 1 aromatic heterocycles. The Balaban J connectivity index is 1.93. The Morgan fingerprint density at radius 1 is 1.28 bits per heavy atom. The molecule has 0 bridgehead atoms. The number of aliphatic hydroxyl groups excluding tert-OH is 1. The summed E-state index contributed by atoms with van der Waals surface area (Å²) < 4.78 is 11.1. The fourth-order valence-electron chi connectivity index (χ4n) is 1.77. The monoisotopic (exact) mass is 310 g/mol. The Bertz CT molecular complexity index is 490. The minimum atomic E-state index is -0.587. The van der Waals surface area contributed by atoms with Crippen LogP contribution in [-0.4, -0.2) is 12.2 Å². The van der Waals surface area contributed by atoms with Gasteiger partial charge in [-0.15, -0.1) is 0 Å². The highest BCUT2D eigenvalue weighted by molar-refractivity contribution is 9.10. The van der Waals surface area contributed by atoms with Crippen LogP contribution in [0.2, 0.25) is 0 Å². The van der Waals surface area contributed by atoms with Gasteiger partial charge in [-0.05, 0) is 52.5 Å². The van der Waals surface area contributed by atoms with Gasteiger partial charge in [0.05, 0.1) is 17.8 Å². The van der Waals surface area contributed by atoms with E-state index in [4.69, 9.17) is 9.15 Å². The number of methoxy groups -OCH3 is 1. The second-order valence-corrected chi connectivity index (χ2v) is 4.89. The van der Waals surface area contributed by atoms with Gasteiger partial charge in [-0.3, -0.25) is 0 Å². The molecule has 3 nitrogen and oxygen atoms in total. The van der Waals surface area contributed by atoms with Gasteiger partial charge in [0.25, 0.3) is 0 Å². The SMILES string of the molecule is COc1ccc(CCC(O)c2occc2Br)cc1. The van der Waals surface area contributed by atoms with Gasteiger partial charge in [0.2, 0.25) is 0 Å². The average molecular weight is 311 g/mol. The number of hydrogen-bond acceptors (Lipinski definition) is 3. The number of hydrogen-bond donors (Lipinski definition) is 1. The second-order valence-electron chi connectivity index (χ2n) is 4.04. The largest absolute Gasteiger partial charge is 0.497 e. The topological polar surface area (TPSA) is 42.6 Å². The first kappa shape index (κ1) is 13.2. The lowest BCUT2D eigenvalue weighted by Gasteiger charge is -2.09. The number of aliphatic hydroxyl groups is 1. The van der Waals surface area contributed by atoms with Crippen molar-refractivity contribution in [1.29, 1.82) is 0 Å². The van der Waals surface area contributed by atoms with Crippen molar-refractivity contribution in [1.82, 2.24) is 0 Å². The summed E-state index contributed by atoms with van der Waals surface area (Å²) in [5.74, 6) is 1.43. The summed E-state index contributed by atoms with van der Waals surface area (Å²) in [5, 5.41) is 10.0. The van der Waals surface area contributed by atoms with Crippen LogP contribution in [0.1, 0.15) is 23.8 Å². The van der Waals surface area contributed by atoms with E-state index in [0.29, 0.717) is 12.2 Å². The molecule has 96 valence electrons. The molecule has 0 radical (unpaired) electrons. The van der Waals surface area contributed by atoms with Gasteiger partial charge in [0, 0.05) is 0 Å². The van der Waals surface area contributed by atoms with Crippen LogP contribution in [0.15, 0.2) is 45.5 Å². The molecule has 0 aliphatic rings. The van der Waals surface area contributed by atoms with Gasteiger partial charge < -0.3 is 14.3 Å². The fourth-order valence-corrected chi connectivity index (χ4v) is 2.24. The molecule has 2 aromatic rings. The molecule has 1 aromatic carbocycles. The lowest BCUT2D eigenvalue weighted by atomic mass is 10.1. The first-order valence-corrected chi connectivity index (χ1v) is 6.54. The Kier molecular flexibility index (Phi) is 4.44. The van der Waals surface area contributed by atoms with Crippen molar-refractivity contribution >= 4 is 15.9 Å². The molecule has 1 N–H and O–H groups in total. The van der Waals surface area contributed by atoms with Crippen molar-refractivity contribution in [3.63, 3.8) is 0 Å². The maximum absolute atomic E-state index is 10.0. The highest BCUT2D eigenvalue weighted by atomic mass is 79.9. The van der Waals surface area contributed by atoms with E-state index in [1.54, 1.807) is 19.4 Å². The van der Waals surface area contributed by atoms with E-state index in [-0.39, 0.29) is 0 Å². The summed E-state index contributed by atoms with van der Waals surface area (Å²) in [6, 6.07) is 9.63. The van der Waals surface area contributed by atoms with Crippen molar-refractivity contribution in [2.24, 2.45) is 0 Å². The Labute approximate surface area is 115 Å². The maximum Gasteiger partial charge on any atom is 0.146 e. The van der Waals surface area contributed by atoms with E-state index < -0.39 is 6.10 Å². The number of ether oxygens (including phenoxy) is 1. The molecule has 2 rings (SSSR count). The van der Waals surface area contributed by atoms with Gasteiger partial charge in [-0.2, -0.15) is 0 Å². The molecule has 0 saturated carbocycles. The molecular weight excluding hydrogens is 296 g/mol. The standard InChI is InChI=1S/C14H15BrO3/c1-17-11-5-2-10(3-6-11)4-7-13(16)14-12(15)8-9-18-14/h2-3,5-6,8-9,13,16H,4,7H2,1H3. The average Bonchev–Trinajstić information content (AvgIpc) is 2.83. The van der Waals surface area contributed by atoms with E-state index in [2.05, 4.69) is 15.9 Å². The Morgan fingerprint density at radius 3 is 2.56 bits per heavy atom. The zero-order chi connectivity index (χ0) is 13.0. The van der Waals surface area contributed by atoms with Gasteiger partial charge in [0.1, 0.15) is 17.6 Å². The molecule has 1 unspecified atom stereocenters. The minimum absolute atomic E-state index is 0.587. The highest BCUT2D eigenvalue weighted by Crippen LogP contribution is 2.27. The first-order chi connectivity index (χ1) is 8.70. The molecule has 0 spiro atoms.